The zero-order valence-corrected chi connectivity index (χ0v) is 18.7. The van der Waals surface area contributed by atoms with Gasteiger partial charge in [0, 0.05) is 40.5 Å². The summed E-state index contributed by atoms with van der Waals surface area (Å²) in [5.74, 6) is 1.17. The van der Waals surface area contributed by atoms with Gasteiger partial charge in [-0.1, -0.05) is 55.8 Å². The van der Waals surface area contributed by atoms with Crippen LogP contribution in [0.25, 0.3) is 0 Å². The Balaban J connectivity index is 1.71. The van der Waals surface area contributed by atoms with Gasteiger partial charge in [0.15, 0.2) is 11.5 Å². The van der Waals surface area contributed by atoms with Gasteiger partial charge in [-0.3, -0.25) is 4.79 Å². The topological polar surface area (TPSA) is 59.6 Å². The van der Waals surface area contributed by atoms with Gasteiger partial charge in [-0.2, -0.15) is 0 Å². The van der Waals surface area contributed by atoms with E-state index in [1.165, 1.54) is 0 Å². The Labute approximate surface area is 188 Å². The van der Waals surface area contributed by atoms with Crippen LogP contribution in [0.1, 0.15) is 25.0 Å². The van der Waals surface area contributed by atoms with Crippen molar-refractivity contribution in [3.63, 3.8) is 0 Å². The molecule has 31 heavy (non-hydrogen) atoms. The van der Waals surface area contributed by atoms with E-state index in [0.717, 1.165) is 22.5 Å². The summed E-state index contributed by atoms with van der Waals surface area (Å²) in [6, 6.07) is 21.2. The number of hydrogen-bond acceptors (Lipinski definition) is 4. The molecule has 0 saturated carbocycles. The standard InChI is InChI=1S/C25H27ClN2O3/c1-17(2)25(29)28-22-11-9-21(10-12-22)27-15-19-13-20(26)14-23(30-3)24(19)31-16-18-7-5-4-6-8-18/h4-14,17,27H,15-16H2,1-3H3,(H,28,29). The third-order valence-electron chi connectivity index (χ3n) is 4.70. The summed E-state index contributed by atoms with van der Waals surface area (Å²) in [5, 5.41) is 6.84. The maximum atomic E-state index is 11.8. The van der Waals surface area contributed by atoms with Crippen LogP contribution in [0.3, 0.4) is 0 Å². The number of amides is 1. The molecule has 0 aromatic heterocycles. The third-order valence-corrected chi connectivity index (χ3v) is 4.92. The van der Waals surface area contributed by atoms with Crippen LogP contribution in [0, 0.1) is 5.92 Å². The molecule has 6 heteroatoms. The molecule has 0 aliphatic rings. The summed E-state index contributed by atoms with van der Waals surface area (Å²) >= 11 is 6.29. The lowest BCUT2D eigenvalue weighted by Crippen LogP contribution is -2.17. The second-order valence-electron chi connectivity index (χ2n) is 7.45. The van der Waals surface area contributed by atoms with Gasteiger partial charge in [0.1, 0.15) is 6.61 Å². The van der Waals surface area contributed by atoms with Crippen LogP contribution in [-0.4, -0.2) is 13.0 Å². The molecule has 3 aromatic carbocycles. The molecular weight excluding hydrogens is 412 g/mol. The highest BCUT2D eigenvalue weighted by atomic mass is 35.5. The minimum atomic E-state index is -0.0649. The van der Waals surface area contributed by atoms with Gasteiger partial charge in [0.2, 0.25) is 5.91 Å². The van der Waals surface area contributed by atoms with Crippen molar-refractivity contribution < 1.29 is 14.3 Å². The van der Waals surface area contributed by atoms with Gasteiger partial charge in [-0.25, -0.2) is 0 Å². The molecule has 0 heterocycles. The quantitative estimate of drug-likeness (QED) is 0.421. The summed E-state index contributed by atoms with van der Waals surface area (Å²) < 4.78 is 11.6. The summed E-state index contributed by atoms with van der Waals surface area (Å²) in [7, 11) is 1.60. The highest BCUT2D eigenvalue weighted by molar-refractivity contribution is 6.30. The van der Waals surface area contributed by atoms with Crippen molar-refractivity contribution in [1.29, 1.82) is 0 Å². The van der Waals surface area contributed by atoms with E-state index in [9.17, 15) is 4.79 Å². The Kier molecular flexibility index (Phi) is 7.79. The first-order chi connectivity index (χ1) is 15.0. The molecule has 2 N–H and O–H groups in total. The predicted octanol–water partition coefficient (Wildman–Crippen LogP) is 6.13. The first-order valence-corrected chi connectivity index (χ1v) is 10.5. The van der Waals surface area contributed by atoms with E-state index in [4.69, 9.17) is 21.1 Å². The van der Waals surface area contributed by atoms with E-state index in [-0.39, 0.29) is 11.8 Å². The Morgan fingerprint density at radius 3 is 2.32 bits per heavy atom. The Morgan fingerprint density at radius 1 is 1.00 bits per heavy atom. The number of rotatable bonds is 9. The van der Waals surface area contributed by atoms with E-state index >= 15 is 0 Å². The molecule has 0 aliphatic carbocycles. The van der Waals surface area contributed by atoms with E-state index in [0.29, 0.717) is 29.7 Å². The highest BCUT2D eigenvalue weighted by Gasteiger charge is 2.14. The summed E-state index contributed by atoms with van der Waals surface area (Å²) in [4.78, 5) is 11.8. The number of hydrogen-bond donors (Lipinski definition) is 2. The molecule has 0 spiro atoms. The lowest BCUT2D eigenvalue weighted by atomic mass is 10.1. The number of carbonyl (C=O) groups is 1. The fraction of sp³-hybridized carbons (Fsp3) is 0.240. The van der Waals surface area contributed by atoms with Crippen molar-refractivity contribution in [3.8, 4) is 11.5 Å². The van der Waals surface area contributed by atoms with Gasteiger partial charge in [0.05, 0.1) is 7.11 Å². The molecule has 0 unspecified atom stereocenters. The molecule has 0 radical (unpaired) electrons. The van der Waals surface area contributed by atoms with E-state index in [2.05, 4.69) is 10.6 Å². The van der Waals surface area contributed by atoms with Gasteiger partial charge in [-0.15, -0.1) is 0 Å². The maximum absolute atomic E-state index is 11.8. The van der Waals surface area contributed by atoms with Crippen molar-refractivity contribution in [1.82, 2.24) is 0 Å². The molecular formula is C25H27ClN2O3. The summed E-state index contributed by atoms with van der Waals surface area (Å²) in [5.41, 5.74) is 3.63. The zero-order valence-electron chi connectivity index (χ0n) is 17.9. The van der Waals surface area contributed by atoms with Gasteiger partial charge in [0.25, 0.3) is 0 Å². The number of carbonyl (C=O) groups excluding carboxylic acids is 1. The fourth-order valence-corrected chi connectivity index (χ4v) is 3.19. The normalized spacial score (nSPS) is 10.6. The first kappa shape index (κ1) is 22.5. The van der Waals surface area contributed by atoms with Crippen molar-refractivity contribution in [3.05, 3.63) is 82.9 Å². The number of anilines is 2. The number of ether oxygens (including phenoxy) is 2. The Morgan fingerprint density at radius 2 is 1.68 bits per heavy atom. The Hall–Kier alpha value is -3.18. The van der Waals surface area contributed by atoms with E-state index in [1.54, 1.807) is 13.2 Å². The number of halogens is 1. The fourth-order valence-electron chi connectivity index (χ4n) is 2.95. The van der Waals surface area contributed by atoms with Gasteiger partial charge >= 0.3 is 0 Å². The molecule has 0 bridgehead atoms. The van der Waals surface area contributed by atoms with Crippen LogP contribution >= 0.6 is 11.6 Å². The van der Waals surface area contributed by atoms with Crippen LogP contribution < -0.4 is 20.1 Å². The van der Waals surface area contributed by atoms with Crippen LogP contribution in [-0.2, 0) is 17.9 Å². The number of methoxy groups -OCH3 is 1. The number of nitrogens with one attached hydrogen (secondary N) is 2. The molecule has 3 rings (SSSR count). The largest absolute Gasteiger partial charge is 0.493 e. The molecule has 0 atom stereocenters. The second kappa shape index (κ2) is 10.7. The lowest BCUT2D eigenvalue weighted by Gasteiger charge is -2.17. The first-order valence-electron chi connectivity index (χ1n) is 10.1. The molecule has 0 fully saturated rings. The summed E-state index contributed by atoms with van der Waals surface area (Å²) in [6.07, 6.45) is 0. The van der Waals surface area contributed by atoms with Crippen LogP contribution in [0.15, 0.2) is 66.7 Å². The minimum absolute atomic E-state index is 0.00746. The molecule has 1 amide bonds. The number of benzene rings is 3. The van der Waals surface area contributed by atoms with Crippen molar-refractivity contribution in [2.24, 2.45) is 5.92 Å². The highest BCUT2D eigenvalue weighted by Crippen LogP contribution is 2.36. The van der Waals surface area contributed by atoms with E-state index < -0.39 is 0 Å². The van der Waals surface area contributed by atoms with Gasteiger partial charge < -0.3 is 20.1 Å². The maximum Gasteiger partial charge on any atom is 0.226 e. The van der Waals surface area contributed by atoms with Crippen molar-refractivity contribution >= 4 is 28.9 Å². The molecule has 5 nitrogen and oxygen atoms in total. The van der Waals surface area contributed by atoms with Crippen LogP contribution in [0.4, 0.5) is 11.4 Å². The molecule has 3 aromatic rings. The minimum Gasteiger partial charge on any atom is -0.493 e. The molecule has 162 valence electrons. The molecule has 0 saturated heterocycles. The van der Waals surface area contributed by atoms with Crippen LogP contribution in [0.5, 0.6) is 11.5 Å². The van der Waals surface area contributed by atoms with E-state index in [1.807, 2.05) is 74.5 Å². The average molecular weight is 439 g/mol. The second-order valence-corrected chi connectivity index (χ2v) is 7.88. The zero-order chi connectivity index (χ0) is 22.2. The molecule has 0 aliphatic heterocycles. The van der Waals surface area contributed by atoms with Crippen molar-refractivity contribution in [2.45, 2.75) is 27.0 Å². The SMILES string of the molecule is COc1cc(Cl)cc(CNc2ccc(NC(=O)C(C)C)cc2)c1OCc1ccccc1. The average Bonchev–Trinajstić information content (AvgIpc) is 2.78. The van der Waals surface area contributed by atoms with Crippen LogP contribution in [0.2, 0.25) is 5.02 Å². The monoisotopic (exact) mass is 438 g/mol. The summed E-state index contributed by atoms with van der Waals surface area (Å²) in [6.45, 7) is 4.65. The smallest absolute Gasteiger partial charge is 0.226 e. The van der Waals surface area contributed by atoms with Crippen molar-refractivity contribution in [2.75, 3.05) is 17.7 Å². The lowest BCUT2D eigenvalue weighted by molar-refractivity contribution is -0.118. The van der Waals surface area contributed by atoms with Gasteiger partial charge in [-0.05, 0) is 35.9 Å². The predicted molar refractivity (Wildman–Crippen MR) is 126 cm³/mol. The Bertz CT molecular complexity index is 1010. The third kappa shape index (κ3) is 6.40.